The van der Waals surface area contributed by atoms with Gasteiger partial charge in [0.25, 0.3) is 0 Å². The maximum absolute atomic E-state index is 9.09. The highest BCUT2D eigenvalue weighted by Gasteiger charge is 1.99. The molecule has 0 aromatic heterocycles. The molecule has 2 N–H and O–H groups in total. The minimum Gasteiger partial charge on any atom is -0.508 e. The number of aromatic hydroxyl groups is 1. The third-order valence-electron chi connectivity index (χ3n) is 2.01. The van der Waals surface area contributed by atoms with Crippen LogP contribution >= 0.6 is 11.8 Å². The second kappa shape index (κ2) is 5.94. The lowest BCUT2D eigenvalue weighted by Crippen LogP contribution is -2.27. The molecule has 0 aliphatic rings. The smallest absolute Gasteiger partial charge is 0.115 e. The molecule has 1 aromatic rings. The van der Waals surface area contributed by atoms with Crippen molar-refractivity contribution in [1.29, 1.82) is 0 Å². The van der Waals surface area contributed by atoms with Gasteiger partial charge in [0, 0.05) is 18.3 Å². The van der Waals surface area contributed by atoms with Crippen molar-refractivity contribution in [2.75, 3.05) is 12.0 Å². The SMILES string of the molecule is CSCC(C)NCc1ccc(O)cc1. The summed E-state index contributed by atoms with van der Waals surface area (Å²) in [5.41, 5.74) is 1.20. The molecule has 0 aliphatic carbocycles. The Hall–Kier alpha value is -0.670. The summed E-state index contributed by atoms with van der Waals surface area (Å²) in [7, 11) is 0. The molecule has 1 unspecified atom stereocenters. The molecular weight excluding hydrogens is 194 g/mol. The molecular formula is C11H17NOS. The van der Waals surface area contributed by atoms with Gasteiger partial charge in [0.1, 0.15) is 5.75 Å². The fourth-order valence-electron chi connectivity index (χ4n) is 1.21. The maximum atomic E-state index is 9.09. The van der Waals surface area contributed by atoms with Crippen LogP contribution < -0.4 is 5.32 Å². The third kappa shape index (κ3) is 4.03. The predicted molar refractivity (Wildman–Crippen MR) is 62.8 cm³/mol. The maximum Gasteiger partial charge on any atom is 0.115 e. The number of thioether (sulfide) groups is 1. The van der Waals surface area contributed by atoms with E-state index in [1.165, 1.54) is 5.56 Å². The van der Waals surface area contributed by atoms with Crippen LogP contribution in [-0.4, -0.2) is 23.2 Å². The largest absolute Gasteiger partial charge is 0.508 e. The van der Waals surface area contributed by atoms with Crippen molar-refractivity contribution in [3.05, 3.63) is 29.8 Å². The van der Waals surface area contributed by atoms with Crippen molar-refractivity contribution in [1.82, 2.24) is 5.32 Å². The van der Waals surface area contributed by atoms with Crippen molar-refractivity contribution in [3.63, 3.8) is 0 Å². The van der Waals surface area contributed by atoms with Crippen LogP contribution in [0.15, 0.2) is 24.3 Å². The van der Waals surface area contributed by atoms with E-state index in [0.717, 1.165) is 12.3 Å². The van der Waals surface area contributed by atoms with Crippen LogP contribution in [0.2, 0.25) is 0 Å². The summed E-state index contributed by atoms with van der Waals surface area (Å²) in [6.45, 7) is 3.04. The Bertz CT molecular complexity index is 260. The van der Waals surface area contributed by atoms with E-state index in [0.29, 0.717) is 11.8 Å². The minimum absolute atomic E-state index is 0.325. The molecule has 3 heteroatoms. The van der Waals surface area contributed by atoms with Gasteiger partial charge in [0.15, 0.2) is 0 Å². The lowest BCUT2D eigenvalue weighted by Gasteiger charge is -2.12. The summed E-state index contributed by atoms with van der Waals surface area (Å²) in [6, 6.07) is 7.84. The van der Waals surface area contributed by atoms with E-state index in [1.54, 1.807) is 12.1 Å². The average Bonchev–Trinajstić information content (AvgIpc) is 2.17. The molecule has 1 rings (SSSR count). The molecule has 0 fully saturated rings. The van der Waals surface area contributed by atoms with E-state index in [2.05, 4.69) is 18.5 Å². The van der Waals surface area contributed by atoms with Crippen molar-refractivity contribution < 1.29 is 5.11 Å². The summed E-state index contributed by atoms with van der Waals surface area (Å²) in [4.78, 5) is 0. The van der Waals surface area contributed by atoms with E-state index in [9.17, 15) is 0 Å². The molecule has 14 heavy (non-hydrogen) atoms. The fraction of sp³-hybridized carbons (Fsp3) is 0.455. The van der Waals surface area contributed by atoms with Crippen molar-refractivity contribution in [3.8, 4) is 5.75 Å². The summed E-state index contributed by atoms with van der Waals surface area (Å²) in [5, 5.41) is 12.5. The topological polar surface area (TPSA) is 32.3 Å². The number of hydrogen-bond donors (Lipinski definition) is 2. The zero-order valence-electron chi connectivity index (χ0n) is 8.66. The van der Waals surface area contributed by atoms with Gasteiger partial charge in [-0.3, -0.25) is 0 Å². The number of rotatable bonds is 5. The second-order valence-corrected chi connectivity index (χ2v) is 4.31. The zero-order chi connectivity index (χ0) is 10.4. The first kappa shape index (κ1) is 11.4. The minimum atomic E-state index is 0.325. The Morgan fingerprint density at radius 1 is 1.36 bits per heavy atom. The molecule has 1 aromatic carbocycles. The van der Waals surface area contributed by atoms with Gasteiger partial charge < -0.3 is 10.4 Å². The number of phenolic OH excluding ortho intramolecular Hbond substituents is 1. The molecule has 0 aliphatic heterocycles. The Balaban J connectivity index is 2.34. The van der Waals surface area contributed by atoms with Crippen LogP contribution in [0.5, 0.6) is 5.75 Å². The number of hydrogen-bond acceptors (Lipinski definition) is 3. The first-order valence-corrected chi connectivity index (χ1v) is 6.12. The highest BCUT2D eigenvalue weighted by atomic mass is 32.2. The van der Waals surface area contributed by atoms with Gasteiger partial charge in [-0.1, -0.05) is 12.1 Å². The Morgan fingerprint density at radius 2 is 2.00 bits per heavy atom. The van der Waals surface area contributed by atoms with Gasteiger partial charge in [-0.05, 0) is 30.9 Å². The number of benzene rings is 1. The molecule has 0 amide bonds. The molecule has 78 valence electrons. The Labute approximate surface area is 89.7 Å². The van der Waals surface area contributed by atoms with E-state index in [-0.39, 0.29) is 0 Å². The van der Waals surface area contributed by atoms with E-state index < -0.39 is 0 Å². The monoisotopic (exact) mass is 211 g/mol. The first-order chi connectivity index (χ1) is 6.72. The van der Waals surface area contributed by atoms with Crippen LogP contribution in [0.1, 0.15) is 12.5 Å². The average molecular weight is 211 g/mol. The molecule has 0 spiro atoms. The second-order valence-electron chi connectivity index (χ2n) is 3.40. The van der Waals surface area contributed by atoms with E-state index >= 15 is 0 Å². The molecule has 1 atom stereocenters. The van der Waals surface area contributed by atoms with Crippen molar-refractivity contribution in [2.24, 2.45) is 0 Å². The summed E-state index contributed by atoms with van der Waals surface area (Å²) in [5.74, 6) is 1.45. The number of phenols is 1. The van der Waals surface area contributed by atoms with Gasteiger partial charge in [0.05, 0.1) is 0 Å². The summed E-state index contributed by atoms with van der Waals surface area (Å²) < 4.78 is 0. The zero-order valence-corrected chi connectivity index (χ0v) is 9.47. The predicted octanol–water partition coefficient (Wildman–Crippen LogP) is 2.23. The van der Waals surface area contributed by atoms with Crippen LogP contribution in [0.25, 0.3) is 0 Å². The number of nitrogens with one attached hydrogen (secondary N) is 1. The summed E-state index contributed by atoms with van der Waals surface area (Å²) in [6.07, 6.45) is 2.11. The Kier molecular flexibility index (Phi) is 4.84. The quantitative estimate of drug-likeness (QED) is 0.783. The fourth-order valence-corrected chi connectivity index (χ4v) is 1.83. The van der Waals surface area contributed by atoms with Crippen LogP contribution in [0.4, 0.5) is 0 Å². The highest BCUT2D eigenvalue weighted by molar-refractivity contribution is 7.98. The van der Waals surface area contributed by atoms with Gasteiger partial charge in [-0.15, -0.1) is 0 Å². The highest BCUT2D eigenvalue weighted by Crippen LogP contribution is 2.09. The Morgan fingerprint density at radius 3 is 2.57 bits per heavy atom. The van der Waals surface area contributed by atoms with Gasteiger partial charge in [-0.2, -0.15) is 11.8 Å². The lowest BCUT2D eigenvalue weighted by molar-refractivity contribution is 0.475. The molecule has 0 saturated carbocycles. The molecule has 2 nitrogen and oxygen atoms in total. The normalized spacial score (nSPS) is 12.7. The standard InChI is InChI=1S/C11H17NOS/c1-9(8-14-2)12-7-10-3-5-11(13)6-4-10/h3-6,9,12-13H,7-8H2,1-2H3. The first-order valence-electron chi connectivity index (χ1n) is 4.72. The van der Waals surface area contributed by atoms with E-state index in [4.69, 9.17) is 5.11 Å². The van der Waals surface area contributed by atoms with E-state index in [1.807, 2.05) is 23.9 Å². The molecule has 0 saturated heterocycles. The van der Waals surface area contributed by atoms with Gasteiger partial charge >= 0.3 is 0 Å². The van der Waals surface area contributed by atoms with Crippen LogP contribution in [0, 0.1) is 0 Å². The van der Waals surface area contributed by atoms with Gasteiger partial charge in [-0.25, -0.2) is 0 Å². The van der Waals surface area contributed by atoms with Crippen LogP contribution in [-0.2, 0) is 6.54 Å². The van der Waals surface area contributed by atoms with Gasteiger partial charge in [0.2, 0.25) is 0 Å². The van der Waals surface area contributed by atoms with Crippen molar-refractivity contribution >= 4 is 11.8 Å². The third-order valence-corrected chi connectivity index (χ3v) is 2.84. The van der Waals surface area contributed by atoms with Crippen LogP contribution in [0.3, 0.4) is 0 Å². The lowest BCUT2D eigenvalue weighted by atomic mass is 10.2. The van der Waals surface area contributed by atoms with Crippen molar-refractivity contribution in [2.45, 2.75) is 19.5 Å². The molecule has 0 radical (unpaired) electrons. The summed E-state index contributed by atoms with van der Waals surface area (Å²) >= 11 is 1.84. The molecule has 0 heterocycles. The molecule has 0 bridgehead atoms.